The van der Waals surface area contributed by atoms with Crippen molar-refractivity contribution in [3.63, 3.8) is 0 Å². The molecule has 13 heavy (non-hydrogen) atoms. The van der Waals surface area contributed by atoms with Crippen LogP contribution in [0.2, 0.25) is 0 Å². The van der Waals surface area contributed by atoms with Crippen molar-refractivity contribution in [2.24, 2.45) is 5.92 Å². The lowest BCUT2D eigenvalue weighted by Crippen LogP contribution is -2.32. The molecule has 72 valence electrons. The number of carbonyl (C=O) groups is 3. The Bertz CT molecular complexity index is 261. The number of Topliss-reactive ketones (excluding diaryl/α,β-unsaturated/α-hetero) is 1. The number of aliphatic hydroxyl groups is 1. The van der Waals surface area contributed by atoms with Crippen LogP contribution in [0.25, 0.3) is 0 Å². The van der Waals surface area contributed by atoms with E-state index in [1.807, 2.05) is 5.32 Å². The quantitative estimate of drug-likeness (QED) is 0.436. The molecule has 1 aliphatic rings. The maximum Gasteiger partial charge on any atom is 0.237 e. The largest absolute Gasteiger partial charge is 0.385 e. The molecule has 5 nitrogen and oxygen atoms in total. The third kappa shape index (κ3) is 1.92. The van der Waals surface area contributed by atoms with E-state index in [4.69, 9.17) is 5.11 Å². The van der Waals surface area contributed by atoms with E-state index in [1.54, 1.807) is 6.92 Å². The normalized spacial score (nSPS) is 24.3. The molecule has 2 atom stereocenters. The highest BCUT2D eigenvalue weighted by Gasteiger charge is 2.38. The van der Waals surface area contributed by atoms with Crippen LogP contribution in [0.15, 0.2) is 0 Å². The lowest BCUT2D eigenvalue weighted by atomic mass is 9.97. The SMILES string of the molecule is CCC(O)C(=O)C1CC(=O)NC1=O. The van der Waals surface area contributed by atoms with E-state index in [2.05, 4.69) is 0 Å². The van der Waals surface area contributed by atoms with Crippen molar-refractivity contribution >= 4 is 17.6 Å². The lowest BCUT2D eigenvalue weighted by molar-refractivity contribution is -0.137. The third-order valence-electron chi connectivity index (χ3n) is 2.03. The summed E-state index contributed by atoms with van der Waals surface area (Å²) < 4.78 is 0. The number of amides is 2. The maximum absolute atomic E-state index is 11.3. The van der Waals surface area contributed by atoms with Gasteiger partial charge in [0.05, 0.1) is 0 Å². The van der Waals surface area contributed by atoms with Crippen molar-refractivity contribution in [1.82, 2.24) is 5.32 Å². The molecular formula is C8H11NO4. The summed E-state index contributed by atoms with van der Waals surface area (Å²) in [6.07, 6.45) is -1.01. The average Bonchev–Trinajstić information content (AvgIpc) is 2.42. The zero-order valence-electron chi connectivity index (χ0n) is 7.24. The Kier molecular flexibility index (Phi) is 2.77. The van der Waals surface area contributed by atoms with Gasteiger partial charge in [0.1, 0.15) is 12.0 Å². The molecule has 2 N–H and O–H groups in total. The summed E-state index contributed by atoms with van der Waals surface area (Å²) in [5.41, 5.74) is 0. The molecule has 2 amide bonds. The fraction of sp³-hybridized carbons (Fsp3) is 0.625. The Labute approximate surface area is 75.1 Å². The molecule has 0 spiro atoms. The van der Waals surface area contributed by atoms with E-state index in [9.17, 15) is 14.4 Å². The monoisotopic (exact) mass is 185 g/mol. The van der Waals surface area contributed by atoms with E-state index in [1.165, 1.54) is 0 Å². The summed E-state index contributed by atoms with van der Waals surface area (Å²) in [4.78, 5) is 33.0. The average molecular weight is 185 g/mol. The number of nitrogens with one attached hydrogen (secondary N) is 1. The van der Waals surface area contributed by atoms with Gasteiger partial charge in [0.2, 0.25) is 11.8 Å². The molecule has 0 aromatic rings. The molecule has 2 unspecified atom stereocenters. The van der Waals surface area contributed by atoms with Crippen LogP contribution >= 0.6 is 0 Å². The standard InChI is InChI=1S/C8H11NO4/c1-2-5(10)7(12)4-3-6(11)9-8(4)13/h4-5,10H,2-3H2,1H3,(H,9,11,13). The van der Waals surface area contributed by atoms with Crippen LogP contribution < -0.4 is 5.32 Å². The minimum absolute atomic E-state index is 0.130. The fourth-order valence-corrected chi connectivity index (χ4v) is 1.22. The van der Waals surface area contributed by atoms with Crippen LogP contribution in [0.3, 0.4) is 0 Å². The summed E-state index contributed by atoms with van der Waals surface area (Å²) in [7, 11) is 0. The molecule has 0 saturated carbocycles. The molecule has 0 bridgehead atoms. The van der Waals surface area contributed by atoms with Crippen molar-refractivity contribution < 1.29 is 19.5 Å². The summed E-state index contributed by atoms with van der Waals surface area (Å²) in [6.45, 7) is 1.64. The molecule has 1 saturated heterocycles. The van der Waals surface area contributed by atoms with Crippen LogP contribution in [0.4, 0.5) is 0 Å². The number of rotatable bonds is 3. The molecule has 0 aliphatic carbocycles. The second kappa shape index (κ2) is 3.66. The van der Waals surface area contributed by atoms with Crippen LogP contribution in [-0.4, -0.2) is 28.8 Å². The highest BCUT2D eigenvalue weighted by molar-refractivity contribution is 6.15. The molecule has 1 fully saturated rings. The predicted molar refractivity (Wildman–Crippen MR) is 42.6 cm³/mol. The summed E-state index contributed by atoms with van der Waals surface area (Å²) in [5, 5.41) is 11.2. The van der Waals surface area contributed by atoms with E-state index >= 15 is 0 Å². The molecule has 5 heteroatoms. The second-order valence-corrected chi connectivity index (χ2v) is 3.00. The Morgan fingerprint density at radius 2 is 2.31 bits per heavy atom. The van der Waals surface area contributed by atoms with Crippen molar-refractivity contribution in [1.29, 1.82) is 0 Å². The zero-order chi connectivity index (χ0) is 10.0. The minimum atomic E-state index is -1.14. The zero-order valence-corrected chi connectivity index (χ0v) is 7.24. The van der Waals surface area contributed by atoms with E-state index in [0.29, 0.717) is 0 Å². The van der Waals surface area contributed by atoms with Gasteiger partial charge in [0, 0.05) is 6.42 Å². The van der Waals surface area contributed by atoms with E-state index in [0.717, 1.165) is 0 Å². The first-order valence-corrected chi connectivity index (χ1v) is 4.11. The van der Waals surface area contributed by atoms with Gasteiger partial charge in [-0.1, -0.05) is 6.92 Å². The number of hydrogen-bond donors (Lipinski definition) is 2. The first-order chi connectivity index (χ1) is 6.06. The number of ketones is 1. The molecule has 0 radical (unpaired) electrons. The number of carbonyl (C=O) groups excluding carboxylic acids is 3. The maximum atomic E-state index is 11.3. The van der Waals surface area contributed by atoms with Gasteiger partial charge in [-0.25, -0.2) is 0 Å². The lowest BCUT2D eigenvalue weighted by Gasteiger charge is -2.09. The number of hydrogen-bond acceptors (Lipinski definition) is 4. The minimum Gasteiger partial charge on any atom is -0.385 e. The van der Waals surface area contributed by atoms with Crippen LogP contribution in [0.1, 0.15) is 19.8 Å². The summed E-state index contributed by atoms with van der Waals surface area (Å²) >= 11 is 0. The van der Waals surface area contributed by atoms with Gasteiger partial charge in [-0.2, -0.15) is 0 Å². The van der Waals surface area contributed by atoms with Gasteiger partial charge in [-0.15, -0.1) is 0 Å². The molecular weight excluding hydrogens is 174 g/mol. The van der Waals surface area contributed by atoms with Crippen molar-refractivity contribution in [3.8, 4) is 0 Å². The highest BCUT2D eigenvalue weighted by atomic mass is 16.3. The van der Waals surface area contributed by atoms with Crippen LogP contribution in [-0.2, 0) is 14.4 Å². The van der Waals surface area contributed by atoms with Gasteiger partial charge in [-0.3, -0.25) is 19.7 Å². The molecule has 1 rings (SSSR count). The van der Waals surface area contributed by atoms with Gasteiger partial charge in [0.15, 0.2) is 5.78 Å². The van der Waals surface area contributed by atoms with Crippen molar-refractivity contribution in [2.45, 2.75) is 25.9 Å². The third-order valence-corrected chi connectivity index (χ3v) is 2.03. The van der Waals surface area contributed by atoms with E-state index in [-0.39, 0.29) is 12.8 Å². The van der Waals surface area contributed by atoms with Gasteiger partial charge in [0.25, 0.3) is 0 Å². The Balaban J connectivity index is 2.67. The first-order valence-electron chi connectivity index (χ1n) is 4.11. The Hall–Kier alpha value is -1.23. The van der Waals surface area contributed by atoms with Gasteiger partial charge in [-0.05, 0) is 6.42 Å². The predicted octanol–water partition coefficient (Wildman–Crippen LogP) is -1.01. The molecule has 1 heterocycles. The molecule has 0 aromatic carbocycles. The Morgan fingerprint density at radius 1 is 1.69 bits per heavy atom. The fourth-order valence-electron chi connectivity index (χ4n) is 1.22. The van der Waals surface area contributed by atoms with E-state index < -0.39 is 29.6 Å². The topological polar surface area (TPSA) is 83.5 Å². The van der Waals surface area contributed by atoms with Crippen molar-refractivity contribution in [2.75, 3.05) is 0 Å². The Morgan fingerprint density at radius 3 is 2.69 bits per heavy atom. The molecule has 1 aliphatic heterocycles. The van der Waals surface area contributed by atoms with Crippen molar-refractivity contribution in [3.05, 3.63) is 0 Å². The second-order valence-electron chi connectivity index (χ2n) is 3.00. The number of aliphatic hydroxyl groups excluding tert-OH is 1. The summed E-state index contributed by atoms with van der Waals surface area (Å²) in [5.74, 6) is -2.59. The number of imide groups is 1. The van der Waals surface area contributed by atoms with Crippen LogP contribution in [0.5, 0.6) is 0 Å². The summed E-state index contributed by atoms with van der Waals surface area (Å²) in [6, 6.07) is 0. The highest BCUT2D eigenvalue weighted by Crippen LogP contribution is 2.14. The van der Waals surface area contributed by atoms with Gasteiger partial charge < -0.3 is 5.11 Å². The smallest absolute Gasteiger partial charge is 0.237 e. The molecule has 0 aromatic heterocycles. The first kappa shape index (κ1) is 9.85. The van der Waals surface area contributed by atoms with Crippen LogP contribution in [0, 0.1) is 5.92 Å². The van der Waals surface area contributed by atoms with Gasteiger partial charge >= 0.3 is 0 Å².